The van der Waals surface area contributed by atoms with Gasteiger partial charge in [0.05, 0.1) is 5.54 Å². The molecule has 0 aliphatic carbocycles. The summed E-state index contributed by atoms with van der Waals surface area (Å²) in [6.45, 7) is 8.82. The summed E-state index contributed by atoms with van der Waals surface area (Å²) >= 11 is 0. The van der Waals surface area contributed by atoms with Crippen molar-refractivity contribution in [3.63, 3.8) is 0 Å². The van der Waals surface area contributed by atoms with Gasteiger partial charge in [0.2, 0.25) is 0 Å². The van der Waals surface area contributed by atoms with E-state index in [1.807, 2.05) is 0 Å². The maximum atomic E-state index is 11.7. The molecule has 4 heteroatoms. The molecule has 0 aromatic rings. The van der Waals surface area contributed by atoms with Gasteiger partial charge in [0, 0.05) is 19.6 Å². The summed E-state index contributed by atoms with van der Waals surface area (Å²) in [5, 5.41) is 13.1. The fourth-order valence-electron chi connectivity index (χ4n) is 4.09. The van der Waals surface area contributed by atoms with Crippen molar-refractivity contribution in [1.29, 1.82) is 0 Å². The second-order valence-electron chi connectivity index (χ2n) is 6.73. The van der Waals surface area contributed by atoms with E-state index in [1.54, 1.807) is 4.90 Å². The van der Waals surface area contributed by atoms with E-state index in [0.717, 1.165) is 32.4 Å². The topological polar surface area (TPSA) is 52.6 Å². The van der Waals surface area contributed by atoms with Crippen molar-refractivity contribution in [3.05, 3.63) is 0 Å². The summed E-state index contributed by atoms with van der Waals surface area (Å²) in [6.07, 6.45) is 10.2. The van der Waals surface area contributed by atoms with E-state index in [2.05, 4.69) is 26.1 Å². The summed E-state index contributed by atoms with van der Waals surface area (Å²) < 4.78 is 0. The Labute approximate surface area is 136 Å². The molecule has 2 unspecified atom stereocenters. The van der Waals surface area contributed by atoms with Crippen LogP contribution in [0.25, 0.3) is 0 Å². The van der Waals surface area contributed by atoms with Crippen LogP contribution in [-0.2, 0) is 0 Å². The SMILES string of the molecule is CCCCCCCCC(CC)C1(CC)CNCCN1C(=O)O. The minimum atomic E-state index is -0.746. The zero-order valence-corrected chi connectivity index (χ0v) is 14.9. The van der Waals surface area contributed by atoms with E-state index >= 15 is 0 Å². The zero-order chi connectivity index (χ0) is 16.4. The molecular formula is C18H36N2O2. The van der Waals surface area contributed by atoms with Gasteiger partial charge in [0.1, 0.15) is 0 Å². The van der Waals surface area contributed by atoms with Crippen LogP contribution in [0.5, 0.6) is 0 Å². The average molecular weight is 312 g/mol. The van der Waals surface area contributed by atoms with Crippen LogP contribution < -0.4 is 5.32 Å². The minimum absolute atomic E-state index is 0.206. The molecule has 1 aliphatic rings. The van der Waals surface area contributed by atoms with E-state index in [9.17, 15) is 9.90 Å². The number of carboxylic acid groups (broad SMARTS) is 1. The Kier molecular flexibility index (Phi) is 8.84. The number of piperazine rings is 1. The van der Waals surface area contributed by atoms with E-state index in [4.69, 9.17) is 0 Å². The second-order valence-corrected chi connectivity index (χ2v) is 6.73. The van der Waals surface area contributed by atoms with Gasteiger partial charge in [-0.2, -0.15) is 0 Å². The fourth-order valence-corrected chi connectivity index (χ4v) is 4.09. The third-order valence-electron chi connectivity index (χ3n) is 5.48. The van der Waals surface area contributed by atoms with Crippen LogP contribution in [0.2, 0.25) is 0 Å². The van der Waals surface area contributed by atoms with Crippen molar-refractivity contribution in [2.24, 2.45) is 5.92 Å². The standard InChI is InChI=1S/C18H36N2O2/c1-4-7-8-9-10-11-12-16(5-2)18(6-3)15-19-13-14-20(18)17(21)22/h16,19H,4-15H2,1-3H3,(H,21,22). The number of amides is 1. The molecule has 2 N–H and O–H groups in total. The number of hydrogen-bond donors (Lipinski definition) is 2. The molecule has 0 radical (unpaired) electrons. The molecule has 0 aromatic heterocycles. The lowest BCUT2D eigenvalue weighted by atomic mass is 9.74. The van der Waals surface area contributed by atoms with E-state index in [-0.39, 0.29) is 5.54 Å². The first kappa shape index (κ1) is 19.3. The van der Waals surface area contributed by atoms with E-state index in [0.29, 0.717) is 12.5 Å². The van der Waals surface area contributed by atoms with Crippen molar-refractivity contribution < 1.29 is 9.90 Å². The lowest BCUT2D eigenvalue weighted by molar-refractivity contribution is 0.00909. The van der Waals surface area contributed by atoms with Crippen LogP contribution in [0.1, 0.15) is 78.6 Å². The van der Waals surface area contributed by atoms with Gasteiger partial charge in [-0.25, -0.2) is 4.79 Å². The zero-order valence-electron chi connectivity index (χ0n) is 14.9. The van der Waals surface area contributed by atoms with Crippen LogP contribution >= 0.6 is 0 Å². The number of carbonyl (C=O) groups is 1. The highest BCUT2D eigenvalue weighted by atomic mass is 16.4. The van der Waals surface area contributed by atoms with Gasteiger partial charge in [-0.15, -0.1) is 0 Å². The van der Waals surface area contributed by atoms with Gasteiger partial charge in [-0.05, 0) is 18.8 Å². The molecule has 0 bridgehead atoms. The summed E-state index contributed by atoms with van der Waals surface area (Å²) in [7, 11) is 0. The second kappa shape index (κ2) is 10.1. The largest absolute Gasteiger partial charge is 0.465 e. The highest BCUT2D eigenvalue weighted by Gasteiger charge is 2.45. The molecule has 1 heterocycles. The molecular weight excluding hydrogens is 276 g/mol. The van der Waals surface area contributed by atoms with Crippen LogP contribution in [-0.4, -0.2) is 41.3 Å². The van der Waals surface area contributed by atoms with E-state index < -0.39 is 6.09 Å². The summed E-state index contributed by atoms with van der Waals surface area (Å²) in [4.78, 5) is 13.4. The Morgan fingerprint density at radius 1 is 1.18 bits per heavy atom. The molecule has 4 nitrogen and oxygen atoms in total. The normalized spacial score (nSPS) is 23.5. The van der Waals surface area contributed by atoms with Crippen molar-refractivity contribution in [1.82, 2.24) is 10.2 Å². The maximum absolute atomic E-state index is 11.7. The third kappa shape index (κ3) is 4.87. The van der Waals surface area contributed by atoms with E-state index in [1.165, 1.54) is 38.5 Å². The Bertz CT molecular complexity index is 322. The van der Waals surface area contributed by atoms with Gasteiger partial charge in [0.15, 0.2) is 0 Å². The molecule has 1 saturated heterocycles. The Balaban J connectivity index is 2.61. The van der Waals surface area contributed by atoms with Gasteiger partial charge in [-0.1, -0.05) is 65.7 Å². The van der Waals surface area contributed by atoms with Gasteiger partial charge in [0.25, 0.3) is 0 Å². The smallest absolute Gasteiger partial charge is 0.407 e. The quantitative estimate of drug-likeness (QED) is 0.584. The molecule has 0 saturated carbocycles. The number of nitrogens with zero attached hydrogens (tertiary/aromatic N) is 1. The summed E-state index contributed by atoms with van der Waals surface area (Å²) in [5.74, 6) is 0.465. The van der Waals surface area contributed by atoms with Crippen molar-refractivity contribution >= 4 is 6.09 Å². The fraction of sp³-hybridized carbons (Fsp3) is 0.944. The molecule has 2 atom stereocenters. The van der Waals surface area contributed by atoms with Gasteiger partial charge in [-0.3, -0.25) is 4.90 Å². The summed E-state index contributed by atoms with van der Waals surface area (Å²) in [6, 6.07) is 0. The maximum Gasteiger partial charge on any atom is 0.407 e. The molecule has 22 heavy (non-hydrogen) atoms. The molecule has 1 rings (SSSR count). The number of unbranched alkanes of at least 4 members (excludes halogenated alkanes) is 5. The van der Waals surface area contributed by atoms with Crippen molar-refractivity contribution in [3.8, 4) is 0 Å². The summed E-state index contributed by atoms with van der Waals surface area (Å²) in [5.41, 5.74) is -0.206. The lowest BCUT2D eigenvalue weighted by Crippen LogP contribution is -2.65. The predicted molar refractivity (Wildman–Crippen MR) is 92.4 cm³/mol. The first-order valence-electron chi connectivity index (χ1n) is 9.33. The van der Waals surface area contributed by atoms with Gasteiger partial charge < -0.3 is 10.4 Å². The molecule has 0 aromatic carbocycles. The molecule has 1 aliphatic heterocycles. The number of rotatable bonds is 10. The Hall–Kier alpha value is -0.770. The average Bonchev–Trinajstić information content (AvgIpc) is 2.54. The first-order chi connectivity index (χ1) is 10.6. The number of hydrogen-bond acceptors (Lipinski definition) is 2. The third-order valence-corrected chi connectivity index (χ3v) is 5.48. The first-order valence-corrected chi connectivity index (χ1v) is 9.33. The monoisotopic (exact) mass is 312 g/mol. The van der Waals surface area contributed by atoms with Crippen LogP contribution in [0, 0.1) is 5.92 Å². The molecule has 0 spiro atoms. The van der Waals surface area contributed by atoms with Gasteiger partial charge >= 0.3 is 6.09 Å². The van der Waals surface area contributed by atoms with Crippen molar-refractivity contribution in [2.75, 3.05) is 19.6 Å². The Morgan fingerprint density at radius 3 is 2.45 bits per heavy atom. The predicted octanol–water partition coefficient (Wildman–Crippen LogP) is 4.50. The van der Waals surface area contributed by atoms with Crippen molar-refractivity contribution in [2.45, 2.75) is 84.1 Å². The Morgan fingerprint density at radius 2 is 1.86 bits per heavy atom. The number of nitrogens with one attached hydrogen (secondary N) is 1. The van der Waals surface area contributed by atoms with Crippen LogP contribution in [0.15, 0.2) is 0 Å². The molecule has 1 amide bonds. The highest BCUT2D eigenvalue weighted by Crippen LogP contribution is 2.36. The minimum Gasteiger partial charge on any atom is -0.465 e. The highest BCUT2D eigenvalue weighted by molar-refractivity contribution is 5.66. The lowest BCUT2D eigenvalue weighted by Gasteiger charge is -2.50. The van der Waals surface area contributed by atoms with Crippen LogP contribution in [0.3, 0.4) is 0 Å². The molecule has 1 fully saturated rings. The molecule has 130 valence electrons. The van der Waals surface area contributed by atoms with Crippen LogP contribution in [0.4, 0.5) is 4.79 Å².